The summed E-state index contributed by atoms with van der Waals surface area (Å²) in [5.41, 5.74) is 3.00. The molecule has 1 aromatic heterocycles. The van der Waals surface area contributed by atoms with Crippen LogP contribution in [0.2, 0.25) is 5.02 Å². The highest BCUT2D eigenvalue weighted by atomic mass is 79.9. The molecule has 2 aliphatic heterocycles. The van der Waals surface area contributed by atoms with Crippen LogP contribution in [0.15, 0.2) is 81.1 Å². The van der Waals surface area contributed by atoms with Crippen molar-refractivity contribution in [3.05, 3.63) is 104 Å². The Labute approximate surface area is 252 Å². The lowest BCUT2D eigenvalue weighted by Gasteiger charge is -2.22. The lowest BCUT2D eigenvalue weighted by atomic mass is 9.94. The third-order valence-corrected chi connectivity index (χ3v) is 9.71. The number of carbonyl (C=O) groups excluding carboxylic acids is 2. The number of hydrogen-bond donors (Lipinski definition) is 1. The lowest BCUT2D eigenvalue weighted by Crippen LogP contribution is -2.29. The molecular weight excluding hydrogens is 634 g/mol. The predicted molar refractivity (Wildman–Crippen MR) is 160 cm³/mol. The van der Waals surface area contributed by atoms with Crippen molar-refractivity contribution in [2.45, 2.75) is 35.6 Å². The summed E-state index contributed by atoms with van der Waals surface area (Å²) in [5, 5.41) is 20.9. The van der Waals surface area contributed by atoms with Gasteiger partial charge < -0.3 is 9.84 Å². The van der Waals surface area contributed by atoms with Crippen molar-refractivity contribution < 1.29 is 19.4 Å². The molecular formula is C29H21BrClN3O4S2. The second-order valence-corrected chi connectivity index (χ2v) is 12.9. The van der Waals surface area contributed by atoms with E-state index >= 15 is 0 Å². The molecule has 1 fully saturated rings. The first-order chi connectivity index (χ1) is 19.3. The Balaban J connectivity index is 1.39. The number of aromatic nitrogens is 2. The second-order valence-electron chi connectivity index (χ2n) is 9.41. The number of rotatable bonds is 6. The van der Waals surface area contributed by atoms with Crippen LogP contribution >= 0.6 is 50.6 Å². The molecule has 1 saturated heterocycles. The first-order valence-corrected chi connectivity index (χ1v) is 15.3. The van der Waals surface area contributed by atoms with Gasteiger partial charge in [0.2, 0.25) is 5.13 Å². The van der Waals surface area contributed by atoms with Crippen molar-refractivity contribution in [2.24, 2.45) is 0 Å². The van der Waals surface area contributed by atoms with Gasteiger partial charge in [-0.1, -0.05) is 81.0 Å². The number of carbonyl (C=O) groups is 2. The van der Waals surface area contributed by atoms with Crippen molar-refractivity contribution in [1.29, 1.82) is 0 Å². The van der Waals surface area contributed by atoms with Crippen molar-refractivity contribution in [3.8, 4) is 5.75 Å². The predicted octanol–water partition coefficient (Wildman–Crippen LogP) is 7.20. The van der Waals surface area contributed by atoms with Crippen molar-refractivity contribution in [2.75, 3.05) is 4.90 Å². The van der Waals surface area contributed by atoms with E-state index in [1.54, 1.807) is 12.1 Å². The molecule has 7 nitrogen and oxygen atoms in total. The van der Waals surface area contributed by atoms with Crippen LogP contribution in [0.3, 0.4) is 0 Å². The second kappa shape index (κ2) is 11.0. The SMILES string of the molecule is CC1Cc2cc(/C(O)=C3\C(=O)C(=O)N(c4nnc(SCc5ccccc5Cl)s4)C3c3ccc(Br)cc3)ccc2O1. The standard InChI is InChI=1S/C29H21BrClN3O4S2/c1-15-12-19-13-17(8-11-22(19)38-15)25(35)23-24(16-6-9-20(30)10-7-16)34(27(37)26(23)36)28-32-33-29(40-28)39-14-18-4-2-3-5-21(18)31/h2-11,13,15,24,35H,12,14H2,1H3/b25-23+. The molecule has 0 aliphatic carbocycles. The molecule has 4 aromatic rings. The Morgan fingerprint density at radius 2 is 1.93 bits per heavy atom. The minimum absolute atomic E-state index is 0.000272. The van der Waals surface area contributed by atoms with Crippen LogP contribution in [0.1, 0.15) is 35.2 Å². The molecule has 0 saturated carbocycles. The smallest absolute Gasteiger partial charge is 0.301 e. The highest BCUT2D eigenvalue weighted by molar-refractivity contribution is 9.10. The van der Waals surface area contributed by atoms with Crippen LogP contribution in [-0.4, -0.2) is 33.1 Å². The normalized spacial score (nSPS) is 19.6. The number of nitrogens with zero attached hydrogens (tertiary/aromatic N) is 3. The average Bonchev–Trinajstić information content (AvgIpc) is 3.63. The van der Waals surface area contributed by atoms with E-state index in [-0.39, 0.29) is 22.6 Å². The number of anilines is 1. The van der Waals surface area contributed by atoms with Gasteiger partial charge in [-0.3, -0.25) is 14.5 Å². The number of ether oxygens (including phenoxy) is 1. The Kier molecular flexibility index (Phi) is 7.43. The number of amides is 1. The number of aliphatic hydroxyl groups excluding tert-OH is 1. The van der Waals surface area contributed by atoms with E-state index in [9.17, 15) is 14.7 Å². The van der Waals surface area contributed by atoms with Gasteiger partial charge in [-0.15, -0.1) is 10.2 Å². The third kappa shape index (κ3) is 5.05. The van der Waals surface area contributed by atoms with Gasteiger partial charge in [0.1, 0.15) is 17.6 Å². The maximum absolute atomic E-state index is 13.5. The fourth-order valence-electron chi connectivity index (χ4n) is 4.83. The molecule has 0 spiro atoms. The summed E-state index contributed by atoms with van der Waals surface area (Å²) in [6.07, 6.45) is 0.725. The van der Waals surface area contributed by atoms with E-state index in [4.69, 9.17) is 16.3 Å². The molecule has 0 radical (unpaired) electrons. The van der Waals surface area contributed by atoms with E-state index in [1.807, 2.05) is 61.5 Å². The summed E-state index contributed by atoms with van der Waals surface area (Å²) in [7, 11) is 0. The van der Waals surface area contributed by atoms with Crippen molar-refractivity contribution >= 4 is 73.2 Å². The zero-order valence-corrected chi connectivity index (χ0v) is 25.0. The molecule has 0 bridgehead atoms. The van der Waals surface area contributed by atoms with Gasteiger partial charge in [-0.05, 0) is 60.0 Å². The highest BCUT2D eigenvalue weighted by Gasteiger charge is 2.48. The Morgan fingerprint density at radius 3 is 2.70 bits per heavy atom. The maximum Gasteiger partial charge on any atom is 0.301 e. The first-order valence-electron chi connectivity index (χ1n) is 12.4. The largest absolute Gasteiger partial charge is 0.507 e. The number of Topliss-reactive ketones (excluding diaryl/α,β-unsaturated/α-hetero) is 1. The van der Waals surface area contributed by atoms with Gasteiger partial charge in [0.05, 0.1) is 11.6 Å². The van der Waals surface area contributed by atoms with E-state index in [0.717, 1.165) is 21.3 Å². The molecule has 3 aromatic carbocycles. The van der Waals surface area contributed by atoms with Crippen LogP contribution in [-0.2, 0) is 21.8 Å². The van der Waals surface area contributed by atoms with E-state index in [2.05, 4.69) is 26.1 Å². The van der Waals surface area contributed by atoms with Gasteiger partial charge in [-0.25, -0.2) is 0 Å². The molecule has 1 N–H and O–H groups in total. The number of hydrogen-bond acceptors (Lipinski definition) is 8. The van der Waals surface area contributed by atoms with Crippen LogP contribution in [0.5, 0.6) is 5.75 Å². The zero-order chi connectivity index (χ0) is 28.0. The van der Waals surface area contributed by atoms with Crippen molar-refractivity contribution in [3.63, 3.8) is 0 Å². The zero-order valence-electron chi connectivity index (χ0n) is 21.0. The average molecular weight is 655 g/mol. The molecule has 11 heteroatoms. The van der Waals surface area contributed by atoms with E-state index in [1.165, 1.54) is 28.0 Å². The fraction of sp³-hybridized carbons (Fsp3) is 0.172. The number of halogens is 2. The van der Waals surface area contributed by atoms with Crippen LogP contribution in [0.4, 0.5) is 5.13 Å². The van der Waals surface area contributed by atoms with E-state index in [0.29, 0.717) is 32.7 Å². The summed E-state index contributed by atoms with van der Waals surface area (Å²) in [5.74, 6) is -0.467. The van der Waals surface area contributed by atoms with Gasteiger partial charge in [-0.2, -0.15) is 0 Å². The summed E-state index contributed by atoms with van der Waals surface area (Å²) in [4.78, 5) is 28.3. The Bertz CT molecular complexity index is 1670. The number of ketones is 1. The number of fused-ring (bicyclic) bond motifs is 1. The molecule has 3 heterocycles. The number of aliphatic hydroxyl groups is 1. The molecule has 2 unspecified atom stereocenters. The number of benzene rings is 3. The summed E-state index contributed by atoms with van der Waals surface area (Å²) >= 11 is 12.4. The molecule has 2 aliphatic rings. The molecule has 2 atom stereocenters. The topological polar surface area (TPSA) is 92.6 Å². The summed E-state index contributed by atoms with van der Waals surface area (Å²) in [6.45, 7) is 1.97. The van der Waals surface area contributed by atoms with Gasteiger partial charge >= 0.3 is 5.91 Å². The maximum atomic E-state index is 13.5. The quantitative estimate of drug-likeness (QED) is 0.0773. The summed E-state index contributed by atoms with van der Waals surface area (Å²) < 4.78 is 7.25. The minimum Gasteiger partial charge on any atom is -0.507 e. The lowest BCUT2D eigenvalue weighted by molar-refractivity contribution is -0.132. The monoisotopic (exact) mass is 653 g/mol. The molecule has 1 amide bonds. The first kappa shape index (κ1) is 27.0. The fourth-order valence-corrected chi connectivity index (χ4v) is 7.25. The summed E-state index contributed by atoms with van der Waals surface area (Å²) in [6, 6.07) is 19.3. The van der Waals surface area contributed by atoms with E-state index < -0.39 is 17.7 Å². The van der Waals surface area contributed by atoms with Crippen LogP contribution in [0, 0.1) is 0 Å². The van der Waals surface area contributed by atoms with Gasteiger partial charge in [0, 0.05) is 27.2 Å². The molecule has 6 rings (SSSR count). The third-order valence-electron chi connectivity index (χ3n) is 6.71. The minimum atomic E-state index is -0.883. The number of thioether (sulfide) groups is 1. The van der Waals surface area contributed by atoms with Gasteiger partial charge in [0.25, 0.3) is 5.78 Å². The van der Waals surface area contributed by atoms with Crippen LogP contribution < -0.4 is 9.64 Å². The van der Waals surface area contributed by atoms with Crippen LogP contribution in [0.25, 0.3) is 5.76 Å². The Morgan fingerprint density at radius 1 is 1.15 bits per heavy atom. The highest BCUT2D eigenvalue weighted by Crippen LogP contribution is 2.45. The van der Waals surface area contributed by atoms with Gasteiger partial charge in [0.15, 0.2) is 4.34 Å². The molecule has 40 heavy (non-hydrogen) atoms. The van der Waals surface area contributed by atoms with Crippen molar-refractivity contribution in [1.82, 2.24) is 10.2 Å². The molecule has 202 valence electrons. The Hall–Kier alpha value is -3.18.